The zero-order valence-electron chi connectivity index (χ0n) is 11.8. The van der Waals surface area contributed by atoms with Crippen molar-refractivity contribution in [2.45, 2.75) is 6.18 Å². The third-order valence-corrected chi connectivity index (χ3v) is 3.00. The fraction of sp³-hybridized carbons (Fsp3) is 0.200. The van der Waals surface area contributed by atoms with Crippen LogP contribution in [0.2, 0.25) is 0 Å². The zero-order valence-corrected chi connectivity index (χ0v) is 11.8. The molecule has 0 heterocycles. The predicted molar refractivity (Wildman–Crippen MR) is 77.0 cm³/mol. The van der Waals surface area contributed by atoms with Gasteiger partial charge in [-0.1, -0.05) is 24.3 Å². The summed E-state index contributed by atoms with van der Waals surface area (Å²) in [6.07, 6.45) is -4.52. The van der Waals surface area contributed by atoms with Gasteiger partial charge in [-0.25, -0.2) is 0 Å². The van der Waals surface area contributed by atoms with E-state index in [1.165, 1.54) is 12.1 Å². The molecule has 0 fully saturated rings. The Hall–Kier alpha value is -2.77. The highest BCUT2D eigenvalue weighted by Gasteiger charge is 2.27. The number of benzene rings is 2. The quantitative estimate of drug-likeness (QED) is 0.804. The van der Waals surface area contributed by atoms with Crippen LogP contribution in [0.15, 0.2) is 36.4 Å². The molecule has 0 atom stereocenters. The second-order valence-corrected chi connectivity index (χ2v) is 4.79. The van der Waals surface area contributed by atoms with E-state index < -0.39 is 31.1 Å². The minimum Gasteiger partial charge on any atom is -0.507 e. The van der Waals surface area contributed by atoms with Gasteiger partial charge in [0.15, 0.2) is 0 Å². The molecule has 0 aliphatic rings. The second-order valence-electron chi connectivity index (χ2n) is 4.79. The number of hydrogen-bond acceptors (Lipinski definition) is 3. The molecular weight excluding hydrogens is 313 g/mol. The molecule has 0 aliphatic carbocycles. The number of phenolic OH excluding ortho intramolecular Hbond substituents is 1. The Balaban J connectivity index is 2.01. The Morgan fingerprint density at radius 3 is 2.26 bits per heavy atom. The highest BCUT2D eigenvalue weighted by molar-refractivity contribution is 6.02. The molecule has 0 aromatic heterocycles. The summed E-state index contributed by atoms with van der Waals surface area (Å²) >= 11 is 0. The molecule has 23 heavy (non-hydrogen) atoms. The minimum absolute atomic E-state index is 0.0627. The number of fused-ring (bicyclic) bond motifs is 1. The van der Waals surface area contributed by atoms with E-state index in [-0.39, 0.29) is 11.3 Å². The van der Waals surface area contributed by atoms with Gasteiger partial charge in [-0.15, -0.1) is 0 Å². The Morgan fingerprint density at radius 1 is 1.04 bits per heavy atom. The van der Waals surface area contributed by atoms with E-state index in [4.69, 9.17) is 0 Å². The van der Waals surface area contributed by atoms with Crippen molar-refractivity contribution in [3.63, 3.8) is 0 Å². The van der Waals surface area contributed by atoms with Gasteiger partial charge in [-0.05, 0) is 22.9 Å². The molecule has 3 N–H and O–H groups in total. The summed E-state index contributed by atoms with van der Waals surface area (Å²) in [6.45, 7) is -2.09. The number of rotatable bonds is 4. The number of carbonyl (C=O) groups is 2. The maximum atomic E-state index is 11.9. The largest absolute Gasteiger partial charge is 0.507 e. The maximum Gasteiger partial charge on any atom is 0.405 e. The molecular formula is C15H13F3N2O3. The molecule has 2 rings (SSSR count). The van der Waals surface area contributed by atoms with Crippen molar-refractivity contribution in [2.75, 3.05) is 13.1 Å². The summed E-state index contributed by atoms with van der Waals surface area (Å²) in [6, 6.07) is 9.85. The number of phenols is 1. The van der Waals surface area contributed by atoms with Crippen molar-refractivity contribution in [1.82, 2.24) is 10.6 Å². The van der Waals surface area contributed by atoms with Crippen LogP contribution < -0.4 is 10.6 Å². The van der Waals surface area contributed by atoms with Crippen molar-refractivity contribution in [3.8, 4) is 5.75 Å². The summed E-state index contributed by atoms with van der Waals surface area (Å²) in [5, 5.41) is 15.1. The van der Waals surface area contributed by atoms with Crippen LogP contribution in [0.3, 0.4) is 0 Å². The maximum absolute atomic E-state index is 11.9. The van der Waals surface area contributed by atoms with Gasteiger partial charge in [0.2, 0.25) is 5.91 Å². The summed E-state index contributed by atoms with van der Waals surface area (Å²) < 4.78 is 35.8. The molecule has 0 spiro atoms. The van der Waals surface area contributed by atoms with Crippen LogP contribution >= 0.6 is 0 Å². The molecule has 0 saturated heterocycles. The Labute approximate surface area is 129 Å². The monoisotopic (exact) mass is 326 g/mol. The van der Waals surface area contributed by atoms with Crippen molar-refractivity contribution in [2.24, 2.45) is 0 Å². The number of carbonyl (C=O) groups excluding carboxylic acids is 2. The predicted octanol–water partition coefficient (Wildman–Crippen LogP) is 1.95. The van der Waals surface area contributed by atoms with E-state index in [2.05, 4.69) is 5.32 Å². The average molecular weight is 326 g/mol. The van der Waals surface area contributed by atoms with E-state index in [0.29, 0.717) is 5.39 Å². The first-order valence-corrected chi connectivity index (χ1v) is 6.60. The number of alkyl halides is 3. The minimum atomic E-state index is -4.52. The molecule has 0 bridgehead atoms. The van der Waals surface area contributed by atoms with E-state index in [1.54, 1.807) is 29.6 Å². The Kier molecular flexibility index (Phi) is 4.73. The average Bonchev–Trinajstić information content (AvgIpc) is 2.49. The molecule has 2 amide bonds. The number of aromatic hydroxyl groups is 1. The van der Waals surface area contributed by atoms with Crippen molar-refractivity contribution < 1.29 is 27.9 Å². The topological polar surface area (TPSA) is 78.4 Å². The van der Waals surface area contributed by atoms with Gasteiger partial charge < -0.3 is 15.7 Å². The van der Waals surface area contributed by atoms with Gasteiger partial charge in [0, 0.05) is 0 Å². The van der Waals surface area contributed by atoms with E-state index >= 15 is 0 Å². The van der Waals surface area contributed by atoms with Crippen LogP contribution in [0, 0.1) is 0 Å². The van der Waals surface area contributed by atoms with Crippen LogP contribution in [-0.4, -0.2) is 36.2 Å². The van der Waals surface area contributed by atoms with Crippen LogP contribution in [0.25, 0.3) is 10.8 Å². The lowest BCUT2D eigenvalue weighted by Gasteiger charge is -2.10. The molecule has 0 saturated carbocycles. The number of amides is 2. The Morgan fingerprint density at radius 2 is 1.65 bits per heavy atom. The molecule has 2 aromatic rings. The highest BCUT2D eigenvalue weighted by atomic mass is 19.4. The molecule has 0 aliphatic heterocycles. The van der Waals surface area contributed by atoms with E-state index in [9.17, 15) is 27.9 Å². The lowest BCUT2D eigenvalue weighted by atomic mass is 10.1. The molecule has 0 radical (unpaired) electrons. The van der Waals surface area contributed by atoms with Gasteiger partial charge in [0.25, 0.3) is 5.91 Å². The zero-order chi connectivity index (χ0) is 17.0. The first-order valence-electron chi connectivity index (χ1n) is 6.60. The van der Waals surface area contributed by atoms with Crippen molar-refractivity contribution >= 4 is 22.6 Å². The fourth-order valence-corrected chi connectivity index (χ4v) is 1.93. The molecule has 122 valence electrons. The Bertz CT molecular complexity index is 744. The van der Waals surface area contributed by atoms with Crippen molar-refractivity contribution in [3.05, 3.63) is 42.0 Å². The molecule has 5 nitrogen and oxygen atoms in total. The summed E-state index contributed by atoms with van der Waals surface area (Å²) in [4.78, 5) is 23.2. The molecule has 0 unspecified atom stereocenters. The van der Waals surface area contributed by atoms with Gasteiger partial charge in [-0.2, -0.15) is 13.2 Å². The van der Waals surface area contributed by atoms with Crippen molar-refractivity contribution in [1.29, 1.82) is 0 Å². The number of halogens is 3. The van der Waals surface area contributed by atoms with Crippen LogP contribution in [0.1, 0.15) is 10.4 Å². The SMILES string of the molecule is O=C(CNC(=O)c1cc2ccccc2cc1O)NCC(F)(F)F. The first kappa shape index (κ1) is 16.6. The van der Waals surface area contributed by atoms with Crippen LogP contribution in [0.4, 0.5) is 13.2 Å². The van der Waals surface area contributed by atoms with Crippen LogP contribution in [-0.2, 0) is 4.79 Å². The van der Waals surface area contributed by atoms with Gasteiger partial charge in [0.1, 0.15) is 12.3 Å². The fourth-order valence-electron chi connectivity index (χ4n) is 1.93. The van der Waals surface area contributed by atoms with Gasteiger partial charge >= 0.3 is 6.18 Å². The normalized spacial score (nSPS) is 11.3. The third kappa shape index (κ3) is 4.60. The smallest absolute Gasteiger partial charge is 0.405 e. The summed E-state index contributed by atoms with van der Waals surface area (Å²) in [5.41, 5.74) is -0.0627. The standard InChI is InChI=1S/C15H13F3N2O3/c16-15(17,18)8-20-13(22)7-19-14(23)11-5-9-3-1-2-4-10(9)6-12(11)21/h1-6,21H,7-8H2,(H,19,23)(H,20,22). The summed E-state index contributed by atoms with van der Waals surface area (Å²) in [5.74, 6) is -2.01. The number of hydrogen-bond donors (Lipinski definition) is 3. The van der Waals surface area contributed by atoms with Gasteiger partial charge in [-0.3, -0.25) is 9.59 Å². The second kappa shape index (κ2) is 6.55. The number of nitrogens with one attached hydrogen (secondary N) is 2. The summed E-state index contributed by atoms with van der Waals surface area (Å²) in [7, 11) is 0. The third-order valence-electron chi connectivity index (χ3n) is 3.00. The molecule has 2 aromatic carbocycles. The van der Waals surface area contributed by atoms with E-state index in [1.807, 2.05) is 0 Å². The lowest BCUT2D eigenvalue weighted by molar-refractivity contribution is -0.137. The highest BCUT2D eigenvalue weighted by Crippen LogP contribution is 2.24. The molecule has 8 heteroatoms. The lowest BCUT2D eigenvalue weighted by Crippen LogP contribution is -2.40. The van der Waals surface area contributed by atoms with Gasteiger partial charge in [0.05, 0.1) is 12.1 Å². The first-order chi connectivity index (χ1) is 10.8. The van der Waals surface area contributed by atoms with E-state index in [0.717, 1.165) is 5.39 Å². The van der Waals surface area contributed by atoms with Crippen LogP contribution in [0.5, 0.6) is 5.75 Å².